The number of hydrogen-bond acceptors (Lipinski definition) is 3. The van der Waals surface area contributed by atoms with Crippen LogP contribution in [0.25, 0.3) is 0 Å². The van der Waals surface area contributed by atoms with E-state index >= 15 is 0 Å². The molecule has 0 aliphatic rings. The topological polar surface area (TPSA) is 25.8 Å². The monoisotopic (exact) mass is 284 g/mol. The molecule has 0 spiro atoms. The second-order valence-corrected chi connectivity index (χ2v) is 5.46. The Balaban J connectivity index is 2.30. The third kappa shape index (κ3) is 2.92. The first-order valence-electron chi connectivity index (χ1n) is 5.00. The van der Waals surface area contributed by atoms with Crippen molar-refractivity contribution in [3.8, 4) is 0 Å². The molecule has 0 amide bonds. The lowest BCUT2D eigenvalue weighted by Crippen LogP contribution is -1.94. The van der Waals surface area contributed by atoms with Gasteiger partial charge in [-0.15, -0.1) is 10.2 Å². The van der Waals surface area contributed by atoms with E-state index in [0.717, 1.165) is 26.1 Å². The van der Waals surface area contributed by atoms with E-state index in [2.05, 4.69) is 10.2 Å². The van der Waals surface area contributed by atoms with E-state index in [1.807, 2.05) is 38.1 Å². The predicted molar refractivity (Wildman–Crippen MR) is 72.1 cm³/mol. The van der Waals surface area contributed by atoms with Crippen LogP contribution in [0.2, 0.25) is 10.2 Å². The summed E-state index contributed by atoms with van der Waals surface area (Å²) in [6, 6.07) is 7.63. The van der Waals surface area contributed by atoms with E-state index in [1.165, 1.54) is 0 Å². The molecule has 0 bridgehead atoms. The zero-order valence-corrected chi connectivity index (χ0v) is 11.7. The Morgan fingerprint density at radius 3 is 2.24 bits per heavy atom. The number of nitrogens with zero attached hydrogens (tertiary/aromatic N) is 2. The van der Waals surface area contributed by atoms with Gasteiger partial charge in [-0.3, -0.25) is 0 Å². The molecular weight excluding hydrogens is 275 g/mol. The van der Waals surface area contributed by atoms with Gasteiger partial charge < -0.3 is 0 Å². The van der Waals surface area contributed by atoms with Gasteiger partial charge in [0.05, 0.1) is 0 Å². The molecule has 2 aromatic rings. The van der Waals surface area contributed by atoms with Crippen LogP contribution >= 0.6 is 35.0 Å². The molecule has 1 aromatic carbocycles. The second-order valence-electron chi connectivity index (χ2n) is 3.60. The van der Waals surface area contributed by atoms with Crippen molar-refractivity contribution in [1.82, 2.24) is 10.2 Å². The van der Waals surface area contributed by atoms with Crippen LogP contribution in [0, 0.1) is 13.8 Å². The highest BCUT2D eigenvalue weighted by atomic mass is 35.5. The molecule has 1 heterocycles. The van der Waals surface area contributed by atoms with Crippen LogP contribution in [0.3, 0.4) is 0 Å². The minimum atomic E-state index is 0.461. The smallest absolute Gasteiger partial charge is 0.142 e. The fraction of sp³-hybridized carbons (Fsp3) is 0.167. The van der Waals surface area contributed by atoms with Crippen molar-refractivity contribution in [3.63, 3.8) is 0 Å². The SMILES string of the molecule is Cc1c(Cl)nnc(Sc2ccc(Cl)cc2)c1C. The molecule has 0 saturated carbocycles. The minimum Gasteiger partial charge on any atom is -0.142 e. The average Bonchev–Trinajstić information content (AvgIpc) is 2.33. The summed E-state index contributed by atoms with van der Waals surface area (Å²) < 4.78 is 0. The first-order chi connectivity index (χ1) is 8.08. The molecule has 0 aliphatic heterocycles. The summed E-state index contributed by atoms with van der Waals surface area (Å²) >= 11 is 13.3. The number of rotatable bonds is 2. The number of halogens is 2. The van der Waals surface area contributed by atoms with Gasteiger partial charge >= 0.3 is 0 Å². The van der Waals surface area contributed by atoms with E-state index in [9.17, 15) is 0 Å². The van der Waals surface area contributed by atoms with Gasteiger partial charge in [0.2, 0.25) is 0 Å². The van der Waals surface area contributed by atoms with E-state index in [0.29, 0.717) is 5.15 Å². The molecule has 0 unspecified atom stereocenters. The normalized spacial score (nSPS) is 10.6. The zero-order chi connectivity index (χ0) is 12.4. The van der Waals surface area contributed by atoms with Gasteiger partial charge in [0.1, 0.15) is 5.03 Å². The summed E-state index contributed by atoms with van der Waals surface area (Å²) in [7, 11) is 0. The Kier molecular flexibility index (Phi) is 3.92. The fourth-order valence-corrected chi connectivity index (χ4v) is 2.45. The molecule has 1 aromatic heterocycles. The van der Waals surface area contributed by atoms with Crippen LogP contribution < -0.4 is 0 Å². The molecule has 0 aliphatic carbocycles. The summed E-state index contributed by atoms with van der Waals surface area (Å²) in [5.74, 6) is 0. The highest BCUT2D eigenvalue weighted by Crippen LogP contribution is 2.31. The molecule has 0 saturated heterocycles. The lowest BCUT2D eigenvalue weighted by Gasteiger charge is -2.07. The number of aromatic nitrogens is 2. The van der Waals surface area contributed by atoms with Gasteiger partial charge in [0, 0.05) is 9.92 Å². The molecule has 0 atom stereocenters. The zero-order valence-electron chi connectivity index (χ0n) is 9.37. The van der Waals surface area contributed by atoms with E-state index < -0.39 is 0 Å². The molecule has 2 rings (SSSR count). The number of hydrogen-bond donors (Lipinski definition) is 0. The Bertz CT molecular complexity index is 541. The van der Waals surface area contributed by atoms with E-state index in [1.54, 1.807) is 11.8 Å². The van der Waals surface area contributed by atoms with Crippen molar-refractivity contribution in [2.75, 3.05) is 0 Å². The van der Waals surface area contributed by atoms with E-state index in [-0.39, 0.29) is 0 Å². The average molecular weight is 285 g/mol. The van der Waals surface area contributed by atoms with Crippen LogP contribution in [0.15, 0.2) is 34.2 Å². The highest BCUT2D eigenvalue weighted by Gasteiger charge is 2.09. The van der Waals surface area contributed by atoms with Gasteiger partial charge in [-0.25, -0.2) is 0 Å². The van der Waals surface area contributed by atoms with Crippen LogP contribution in [-0.2, 0) is 0 Å². The quantitative estimate of drug-likeness (QED) is 0.809. The molecule has 5 heteroatoms. The summed E-state index contributed by atoms with van der Waals surface area (Å²) in [5.41, 5.74) is 2.03. The maximum atomic E-state index is 5.91. The third-order valence-corrected chi connectivity index (χ3v) is 4.15. The second kappa shape index (κ2) is 5.25. The summed E-state index contributed by atoms with van der Waals surface area (Å²) in [6.07, 6.45) is 0. The maximum absolute atomic E-state index is 5.91. The van der Waals surface area contributed by atoms with Crippen molar-refractivity contribution < 1.29 is 0 Å². The maximum Gasteiger partial charge on any atom is 0.154 e. The van der Waals surface area contributed by atoms with Gasteiger partial charge in [0.25, 0.3) is 0 Å². The van der Waals surface area contributed by atoms with Gasteiger partial charge in [-0.1, -0.05) is 35.0 Å². The van der Waals surface area contributed by atoms with Crippen molar-refractivity contribution in [1.29, 1.82) is 0 Å². The minimum absolute atomic E-state index is 0.461. The van der Waals surface area contributed by atoms with Crippen molar-refractivity contribution >= 4 is 35.0 Å². The van der Waals surface area contributed by atoms with Gasteiger partial charge in [-0.05, 0) is 49.2 Å². The lowest BCUT2D eigenvalue weighted by atomic mass is 10.2. The largest absolute Gasteiger partial charge is 0.154 e. The molecule has 2 nitrogen and oxygen atoms in total. The molecule has 88 valence electrons. The van der Waals surface area contributed by atoms with Crippen molar-refractivity contribution in [2.24, 2.45) is 0 Å². The lowest BCUT2D eigenvalue weighted by molar-refractivity contribution is 0.891. The van der Waals surface area contributed by atoms with Gasteiger partial charge in [0.15, 0.2) is 5.15 Å². The summed E-state index contributed by atoms with van der Waals surface area (Å²) in [4.78, 5) is 1.08. The van der Waals surface area contributed by atoms with Crippen molar-refractivity contribution in [3.05, 3.63) is 45.6 Å². The number of benzene rings is 1. The van der Waals surface area contributed by atoms with Crippen LogP contribution in [0.4, 0.5) is 0 Å². The molecule has 0 fully saturated rings. The Morgan fingerprint density at radius 1 is 0.941 bits per heavy atom. The Hall–Kier alpha value is -0.770. The highest BCUT2D eigenvalue weighted by molar-refractivity contribution is 7.99. The summed E-state index contributed by atoms with van der Waals surface area (Å²) in [6.45, 7) is 3.94. The van der Waals surface area contributed by atoms with Crippen molar-refractivity contribution in [2.45, 2.75) is 23.8 Å². The van der Waals surface area contributed by atoms with E-state index in [4.69, 9.17) is 23.2 Å². The molecule has 0 radical (unpaired) electrons. The Labute approximate surface area is 114 Å². The summed E-state index contributed by atoms with van der Waals surface area (Å²) in [5, 5.41) is 10.1. The van der Waals surface area contributed by atoms with Crippen LogP contribution in [0.5, 0.6) is 0 Å². The predicted octanol–water partition coefficient (Wildman–Crippen LogP) is 4.55. The Morgan fingerprint density at radius 2 is 1.59 bits per heavy atom. The van der Waals surface area contributed by atoms with Gasteiger partial charge in [-0.2, -0.15) is 0 Å². The third-order valence-electron chi connectivity index (χ3n) is 2.45. The van der Waals surface area contributed by atoms with Crippen LogP contribution in [0.1, 0.15) is 11.1 Å². The standard InChI is InChI=1S/C12H10Cl2N2S/c1-7-8(2)12(16-15-11(7)14)17-10-5-3-9(13)4-6-10/h3-6H,1-2H3. The molecule has 0 N–H and O–H groups in total. The first-order valence-corrected chi connectivity index (χ1v) is 6.58. The van der Waals surface area contributed by atoms with Crippen LogP contribution in [-0.4, -0.2) is 10.2 Å². The molecule has 17 heavy (non-hydrogen) atoms. The first kappa shape index (κ1) is 12.7. The molecular formula is C12H10Cl2N2S. The fourth-order valence-electron chi connectivity index (χ4n) is 1.27.